The zero-order valence-electron chi connectivity index (χ0n) is 9.73. The maximum atomic E-state index is 9.19. The molecule has 1 rings (SSSR count). The normalized spacial score (nSPS) is 15.5. The zero-order chi connectivity index (χ0) is 11.3. The molecular formula is C12H21NO2. The highest BCUT2D eigenvalue weighted by atomic mass is 16.3. The number of aliphatic hydroxyl groups is 1. The summed E-state index contributed by atoms with van der Waals surface area (Å²) in [5, 5.41) is 12.6. The van der Waals surface area contributed by atoms with Crippen molar-refractivity contribution in [2.24, 2.45) is 5.92 Å². The average molecular weight is 211 g/mol. The molecule has 1 unspecified atom stereocenters. The third-order valence-corrected chi connectivity index (χ3v) is 2.59. The van der Waals surface area contributed by atoms with Crippen molar-refractivity contribution >= 4 is 0 Å². The van der Waals surface area contributed by atoms with Crippen molar-refractivity contribution in [2.45, 2.75) is 39.3 Å². The van der Waals surface area contributed by atoms with E-state index in [0.717, 1.165) is 12.2 Å². The fourth-order valence-corrected chi connectivity index (χ4v) is 1.61. The molecule has 1 aromatic heterocycles. The summed E-state index contributed by atoms with van der Waals surface area (Å²) in [5.41, 5.74) is 0. The van der Waals surface area contributed by atoms with Gasteiger partial charge in [-0.2, -0.15) is 0 Å². The van der Waals surface area contributed by atoms with Crippen LogP contribution >= 0.6 is 0 Å². The highest BCUT2D eigenvalue weighted by Crippen LogP contribution is 2.07. The van der Waals surface area contributed by atoms with Crippen LogP contribution in [0.3, 0.4) is 0 Å². The van der Waals surface area contributed by atoms with Gasteiger partial charge in [-0.3, -0.25) is 0 Å². The van der Waals surface area contributed by atoms with Gasteiger partial charge in [0.25, 0.3) is 0 Å². The molecule has 86 valence electrons. The Morgan fingerprint density at radius 2 is 2.13 bits per heavy atom. The summed E-state index contributed by atoms with van der Waals surface area (Å²) in [6.07, 6.45) is 2.55. The van der Waals surface area contributed by atoms with Crippen molar-refractivity contribution in [1.29, 1.82) is 0 Å². The van der Waals surface area contributed by atoms with Crippen molar-refractivity contribution in [3.05, 3.63) is 24.2 Å². The van der Waals surface area contributed by atoms with Crippen molar-refractivity contribution in [1.82, 2.24) is 5.32 Å². The van der Waals surface area contributed by atoms with E-state index in [-0.39, 0.29) is 12.6 Å². The highest BCUT2D eigenvalue weighted by Gasteiger charge is 2.15. The van der Waals surface area contributed by atoms with E-state index in [4.69, 9.17) is 4.42 Å². The van der Waals surface area contributed by atoms with Crippen LogP contribution in [0.4, 0.5) is 0 Å². The van der Waals surface area contributed by atoms with Crippen molar-refractivity contribution < 1.29 is 9.52 Å². The molecule has 0 bridgehead atoms. The van der Waals surface area contributed by atoms with Crippen LogP contribution in [-0.4, -0.2) is 23.8 Å². The van der Waals surface area contributed by atoms with Crippen LogP contribution < -0.4 is 5.32 Å². The molecule has 0 saturated heterocycles. The minimum atomic E-state index is 0.162. The molecule has 0 amide bonds. The second kappa shape index (κ2) is 5.93. The van der Waals surface area contributed by atoms with Gasteiger partial charge in [-0.1, -0.05) is 13.8 Å². The molecule has 0 radical (unpaired) electrons. The average Bonchev–Trinajstić information content (AvgIpc) is 2.66. The van der Waals surface area contributed by atoms with Gasteiger partial charge in [0.15, 0.2) is 0 Å². The molecule has 15 heavy (non-hydrogen) atoms. The summed E-state index contributed by atoms with van der Waals surface area (Å²) in [6.45, 7) is 6.49. The Morgan fingerprint density at radius 1 is 1.40 bits per heavy atom. The summed E-state index contributed by atoms with van der Waals surface area (Å²) in [7, 11) is 0. The summed E-state index contributed by atoms with van der Waals surface area (Å²) < 4.78 is 5.28. The van der Waals surface area contributed by atoms with Gasteiger partial charge < -0.3 is 14.8 Å². The highest BCUT2D eigenvalue weighted by molar-refractivity contribution is 5.00. The van der Waals surface area contributed by atoms with Gasteiger partial charge in [0.05, 0.1) is 12.9 Å². The Balaban J connectivity index is 2.37. The summed E-state index contributed by atoms with van der Waals surface area (Å²) in [6, 6.07) is 4.35. The number of furan rings is 1. The minimum Gasteiger partial charge on any atom is -0.469 e. The van der Waals surface area contributed by atoms with Gasteiger partial charge in [0, 0.05) is 18.5 Å². The third-order valence-electron chi connectivity index (χ3n) is 2.59. The van der Waals surface area contributed by atoms with Gasteiger partial charge in [-0.15, -0.1) is 0 Å². The van der Waals surface area contributed by atoms with Gasteiger partial charge in [-0.25, -0.2) is 0 Å². The predicted octanol–water partition coefficient (Wildman–Crippen LogP) is 1.82. The first kappa shape index (κ1) is 12.3. The Morgan fingerprint density at radius 3 is 2.60 bits per heavy atom. The largest absolute Gasteiger partial charge is 0.469 e. The first-order valence-corrected chi connectivity index (χ1v) is 5.52. The zero-order valence-corrected chi connectivity index (χ0v) is 9.73. The van der Waals surface area contributed by atoms with Crippen molar-refractivity contribution in [3.63, 3.8) is 0 Å². The van der Waals surface area contributed by atoms with Gasteiger partial charge in [0.1, 0.15) is 5.76 Å². The van der Waals surface area contributed by atoms with E-state index in [1.54, 1.807) is 6.26 Å². The summed E-state index contributed by atoms with van der Waals surface area (Å²) >= 11 is 0. The Hall–Kier alpha value is -0.800. The lowest BCUT2D eigenvalue weighted by Crippen LogP contribution is -2.43. The van der Waals surface area contributed by atoms with Crippen molar-refractivity contribution in [3.8, 4) is 0 Å². The first-order chi connectivity index (χ1) is 7.13. The first-order valence-electron chi connectivity index (χ1n) is 5.52. The second-order valence-corrected chi connectivity index (χ2v) is 4.38. The number of aliphatic hydroxyl groups excluding tert-OH is 1. The molecular weight excluding hydrogens is 190 g/mol. The maximum Gasteiger partial charge on any atom is 0.105 e. The van der Waals surface area contributed by atoms with Crippen molar-refractivity contribution in [2.75, 3.05) is 6.61 Å². The Kier molecular flexibility index (Phi) is 4.85. The third kappa shape index (κ3) is 4.06. The van der Waals surface area contributed by atoms with Crippen LogP contribution in [0.15, 0.2) is 22.8 Å². The van der Waals surface area contributed by atoms with Crippen LogP contribution in [0.1, 0.15) is 26.5 Å². The molecule has 2 N–H and O–H groups in total. The molecule has 2 atom stereocenters. The fourth-order valence-electron chi connectivity index (χ4n) is 1.61. The monoisotopic (exact) mass is 211 g/mol. The van der Waals surface area contributed by atoms with Crippen LogP contribution in [0.2, 0.25) is 0 Å². The number of hydrogen-bond acceptors (Lipinski definition) is 3. The second-order valence-electron chi connectivity index (χ2n) is 4.38. The number of rotatable bonds is 6. The summed E-state index contributed by atoms with van der Waals surface area (Å²) in [5.74, 6) is 1.42. The molecule has 1 aromatic rings. The smallest absolute Gasteiger partial charge is 0.105 e. The van der Waals surface area contributed by atoms with E-state index in [1.165, 1.54) is 0 Å². The Labute approximate surface area is 91.5 Å². The predicted molar refractivity (Wildman–Crippen MR) is 60.7 cm³/mol. The van der Waals surface area contributed by atoms with E-state index in [1.807, 2.05) is 12.1 Å². The standard InChI is InChI=1S/C12H21NO2/c1-9(2)12(8-14)13-10(3)7-11-5-4-6-15-11/h4-6,9-10,12-14H,7-8H2,1-3H3/t10?,12-/m1/s1. The molecule has 0 spiro atoms. The lowest BCUT2D eigenvalue weighted by atomic mass is 10.0. The molecule has 0 saturated carbocycles. The molecule has 3 nitrogen and oxygen atoms in total. The van der Waals surface area contributed by atoms with Crippen LogP contribution in [0.5, 0.6) is 0 Å². The lowest BCUT2D eigenvalue weighted by Gasteiger charge is -2.24. The van der Waals surface area contributed by atoms with Crippen LogP contribution in [0, 0.1) is 5.92 Å². The Bertz CT molecular complexity index is 257. The topological polar surface area (TPSA) is 45.4 Å². The van der Waals surface area contributed by atoms with Gasteiger partial charge >= 0.3 is 0 Å². The lowest BCUT2D eigenvalue weighted by molar-refractivity contribution is 0.199. The SMILES string of the molecule is CC(Cc1ccco1)N[C@H](CO)C(C)C. The maximum absolute atomic E-state index is 9.19. The van der Waals surface area contributed by atoms with Gasteiger partial charge in [0.2, 0.25) is 0 Å². The molecule has 1 heterocycles. The molecule has 0 aromatic carbocycles. The fraction of sp³-hybridized carbons (Fsp3) is 0.667. The van der Waals surface area contributed by atoms with Crippen LogP contribution in [0.25, 0.3) is 0 Å². The molecule has 0 fully saturated rings. The van der Waals surface area contributed by atoms with E-state index in [2.05, 4.69) is 26.1 Å². The van der Waals surface area contributed by atoms with E-state index in [0.29, 0.717) is 12.0 Å². The van der Waals surface area contributed by atoms with E-state index < -0.39 is 0 Å². The number of nitrogens with one attached hydrogen (secondary N) is 1. The van der Waals surface area contributed by atoms with Gasteiger partial charge in [-0.05, 0) is 25.0 Å². The molecule has 0 aliphatic heterocycles. The number of hydrogen-bond donors (Lipinski definition) is 2. The minimum absolute atomic E-state index is 0.162. The summed E-state index contributed by atoms with van der Waals surface area (Å²) in [4.78, 5) is 0. The quantitative estimate of drug-likeness (QED) is 0.754. The van der Waals surface area contributed by atoms with Crippen LogP contribution in [-0.2, 0) is 6.42 Å². The molecule has 0 aliphatic rings. The molecule has 3 heteroatoms. The van der Waals surface area contributed by atoms with E-state index >= 15 is 0 Å². The molecule has 0 aliphatic carbocycles. The van der Waals surface area contributed by atoms with E-state index in [9.17, 15) is 5.11 Å².